The molecule has 32 heavy (non-hydrogen) atoms. The lowest BCUT2D eigenvalue weighted by Crippen LogP contribution is -2.45. The van der Waals surface area contributed by atoms with Crippen LogP contribution in [-0.4, -0.2) is 49.4 Å². The number of hydrogen-bond acceptors (Lipinski definition) is 6. The summed E-state index contributed by atoms with van der Waals surface area (Å²) >= 11 is 0. The molecule has 0 bridgehead atoms. The summed E-state index contributed by atoms with van der Waals surface area (Å²) in [7, 11) is 3.91. The highest BCUT2D eigenvalue weighted by atomic mass is 16.7. The Labute approximate surface area is 189 Å². The zero-order chi connectivity index (χ0) is 22.6. The highest BCUT2D eigenvalue weighted by molar-refractivity contribution is 5.79. The molecular weight excluding hydrogens is 402 g/mol. The van der Waals surface area contributed by atoms with Crippen LogP contribution in [0.3, 0.4) is 0 Å². The van der Waals surface area contributed by atoms with Gasteiger partial charge in [-0.25, -0.2) is 0 Å². The van der Waals surface area contributed by atoms with Crippen molar-refractivity contribution in [3.05, 3.63) is 59.8 Å². The number of hydrogen-bond donors (Lipinski definition) is 1. The van der Waals surface area contributed by atoms with Crippen molar-refractivity contribution in [1.82, 2.24) is 15.1 Å². The molecule has 1 aromatic heterocycles. The summed E-state index contributed by atoms with van der Waals surface area (Å²) < 4.78 is 14.0. The third-order valence-electron chi connectivity index (χ3n) is 6.02. The maximum Gasteiger partial charge on any atom is 0.159 e. The van der Waals surface area contributed by atoms with Crippen molar-refractivity contribution in [3.63, 3.8) is 0 Å². The molecule has 0 atom stereocenters. The summed E-state index contributed by atoms with van der Waals surface area (Å²) in [6.07, 6.45) is 2.46. The van der Waals surface area contributed by atoms with E-state index in [9.17, 15) is 0 Å². The SMILES string of the molecule is CNCC1(C)COC(CCN(Cc2ccc3c(cnn3C)c2)c2ccc(C#N)cc2)OC1. The van der Waals surface area contributed by atoms with Crippen LogP contribution in [0.25, 0.3) is 10.9 Å². The zero-order valence-corrected chi connectivity index (χ0v) is 19.0. The van der Waals surface area contributed by atoms with Crippen LogP contribution in [0.4, 0.5) is 5.69 Å². The average Bonchev–Trinajstić information content (AvgIpc) is 3.18. The summed E-state index contributed by atoms with van der Waals surface area (Å²) in [5.74, 6) is 0. The zero-order valence-electron chi connectivity index (χ0n) is 19.0. The Morgan fingerprint density at radius 1 is 1.22 bits per heavy atom. The number of fused-ring (bicyclic) bond motifs is 1. The van der Waals surface area contributed by atoms with Crippen LogP contribution >= 0.6 is 0 Å². The number of benzene rings is 2. The molecular formula is C25H31N5O2. The molecule has 2 heterocycles. The Bertz CT molecular complexity index is 1080. The summed E-state index contributed by atoms with van der Waals surface area (Å²) in [5.41, 5.74) is 4.07. The Hall–Kier alpha value is -2.92. The molecule has 0 spiro atoms. The van der Waals surface area contributed by atoms with Crippen LogP contribution in [0.15, 0.2) is 48.7 Å². The van der Waals surface area contributed by atoms with Crippen molar-refractivity contribution in [2.75, 3.05) is 38.3 Å². The second-order valence-electron chi connectivity index (χ2n) is 8.92. The van der Waals surface area contributed by atoms with Crippen LogP contribution in [0, 0.1) is 16.7 Å². The number of nitrogens with one attached hydrogen (secondary N) is 1. The minimum atomic E-state index is -0.207. The normalized spacial score (nSPS) is 20.9. The van der Waals surface area contributed by atoms with Crippen LogP contribution in [0.1, 0.15) is 24.5 Å². The Balaban J connectivity index is 1.47. The standard InChI is InChI=1S/C25H31N5O2/c1-25(16-27-2)17-31-24(32-18-25)10-11-30(22-7-4-19(13-26)5-8-22)15-20-6-9-23-21(12-20)14-28-29(23)3/h4-9,12,14,24,27H,10-11,15-18H2,1-3H3. The lowest BCUT2D eigenvalue weighted by Gasteiger charge is -2.38. The van der Waals surface area contributed by atoms with E-state index in [0.29, 0.717) is 18.8 Å². The van der Waals surface area contributed by atoms with Gasteiger partial charge in [-0.2, -0.15) is 10.4 Å². The van der Waals surface area contributed by atoms with E-state index in [2.05, 4.69) is 46.5 Å². The number of anilines is 1. The fourth-order valence-electron chi connectivity index (χ4n) is 4.21. The molecule has 1 N–H and O–H groups in total. The van der Waals surface area contributed by atoms with Gasteiger partial charge < -0.3 is 19.7 Å². The molecule has 1 aliphatic rings. The minimum Gasteiger partial charge on any atom is -0.367 e. The van der Waals surface area contributed by atoms with Crippen molar-refractivity contribution in [3.8, 4) is 6.07 Å². The van der Waals surface area contributed by atoms with E-state index in [-0.39, 0.29) is 11.7 Å². The van der Waals surface area contributed by atoms with Gasteiger partial charge in [0.25, 0.3) is 0 Å². The van der Waals surface area contributed by atoms with Gasteiger partial charge in [-0.05, 0) is 49.0 Å². The molecule has 0 saturated carbocycles. The van der Waals surface area contributed by atoms with Gasteiger partial charge in [0.05, 0.1) is 36.6 Å². The van der Waals surface area contributed by atoms with Gasteiger partial charge >= 0.3 is 0 Å². The van der Waals surface area contributed by atoms with Crippen LogP contribution in [-0.2, 0) is 23.1 Å². The van der Waals surface area contributed by atoms with Crippen LogP contribution in [0.2, 0.25) is 0 Å². The van der Waals surface area contributed by atoms with E-state index in [1.165, 1.54) is 5.56 Å². The maximum atomic E-state index is 9.15. The van der Waals surface area contributed by atoms with E-state index in [0.717, 1.165) is 42.6 Å². The van der Waals surface area contributed by atoms with Gasteiger partial charge in [0.2, 0.25) is 0 Å². The molecule has 0 amide bonds. The average molecular weight is 434 g/mol. The van der Waals surface area contributed by atoms with Crippen LogP contribution in [0.5, 0.6) is 0 Å². The van der Waals surface area contributed by atoms with E-state index in [1.54, 1.807) is 0 Å². The fraction of sp³-hybridized carbons (Fsp3) is 0.440. The number of nitrogens with zero attached hydrogens (tertiary/aromatic N) is 4. The smallest absolute Gasteiger partial charge is 0.159 e. The number of nitriles is 1. The Kier molecular flexibility index (Phi) is 6.75. The highest BCUT2D eigenvalue weighted by Gasteiger charge is 2.32. The molecule has 2 aromatic carbocycles. The van der Waals surface area contributed by atoms with Gasteiger partial charge in [-0.15, -0.1) is 0 Å². The predicted octanol–water partition coefficient (Wildman–Crippen LogP) is 3.44. The second-order valence-corrected chi connectivity index (χ2v) is 8.92. The van der Waals surface area contributed by atoms with Crippen molar-refractivity contribution >= 4 is 16.6 Å². The molecule has 7 heteroatoms. The summed E-state index contributed by atoms with van der Waals surface area (Å²) in [4.78, 5) is 2.31. The molecule has 0 unspecified atom stereocenters. The first-order chi connectivity index (χ1) is 15.5. The largest absolute Gasteiger partial charge is 0.367 e. The molecule has 7 nitrogen and oxygen atoms in total. The molecule has 1 saturated heterocycles. The molecule has 1 fully saturated rings. The topological polar surface area (TPSA) is 75.3 Å². The molecule has 0 radical (unpaired) electrons. The van der Waals surface area contributed by atoms with Gasteiger partial charge in [0.1, 0.15) is 0 Å². The quantitative estimate of drug-likeness (QED) is 0.587. The summed E-state index contributed by atoms with van der Waals surface area (Å²) in [5, 5.41) is 17.9. The van der Waals surface area contributed by atoms with Crippen molar-refractivity contribution in [1.29, 1.82) is 5.26 Å². The Morgan fingerprint density at radius 3 is 2.66 bits per heavy atom. The van der Waals surface area contributed by atoms with Crippen molar-refractivity contribution in [2.45, 2.75) is 26.2 Å². The first-order valence-electron chi connectivity index (χ1n) is 11.0. The van der Waals surface area contributed by atoms with Crippen molar-refractivity contribution in [2.24, 2.45) is 12.5 Å². The lowest BCUT2D eigenvalue weighted by atomic mass is 9.92. The second kappa shape index (κ2) is 9.70. The number of rotatable bonds is 8. The van der Waals surface area contributed by atoms with Crippen LogP contribution < -0.4 is 10.2 Å². The van der Waals surface area contributed by atoms with Gasteiger partial charge in [0, 0.05) is 49.6 Å². The highest BCUT2D eigenvalue weighted by Crippen LogP contribution is 2.26. The summed E-state index contributed by atoms with van der Waals surface area (Å²) in [6, 6.07) is 16.4. The predicted molar refractivity (Wildman–Crippen MR) is 125 cm³/mol. The fourth-order valence-corrected chi connectivity index (χ4v) is 4.21. The monoisotopic (exact) mass is 433 g/mol. The third-order valence-corrected chi connectivity index (χ3v) is 6.02. The van der Waals surface area contributed by atoms with Gasteiger partial charge in [-0.3, -0.25) is 4.68 Å². The summed E-state index contributed by atoms with van der Waals surface area (Å²) in [6.45, 7) is 5.96. The van der Waals surface area contributed by atoms with E-state index < -0.39 is 0 Å². The number of aryl methyl sites for hydroxylation is 1. The molecule has 0 aliphatic carbocycles. The minimum absolute atomic E-state index is 0.0111. The van der Waals surface area contributed by atoms with E-state index in [1.807, 2.05) is 49.2 Å². The molecule has 3 aromatic rings. The lowest BCUT2D eigenvalue weighted by molar-refractivity contribution is -0.225. The third kappa shape index (κ3) is 5.10. The molecule has 4 rings (SSSR count). The van der Waals surface area contributed by atoms with Crippen molar-refractivity contribution < 1.29 is 9.47 Å². The van der Waals surface area contributed by atoms with E-state index in [4.69, 9.17) is 14.7 Å². The maximum absolute atomic E-state index is 9.15. The molecule has 1 aliphatic heterocycles. The van der Waals surface area contributed by atoms with Gasteiger partial charge in [-0.1, -0.05) is 13.0 Å². The first-order valence-corrected chi connectivity index (χ1v) is 11.0. The molecule has 168 valence electrons. The Morgan fingerprint density at radius 2 is 1.97 bits per heavy atom. The van der Waals surface area contributed by atoms with E-state index >= 15 is 0 Å². The number of aromatic nitrogens is 2. The number of ether oxygens (including phenoxy) is 2. The first kappa shape index (κ1) is 22.3. The van der Waals surface area contributed by atoms with Gasteiger partial charge in [0.15, 0.2) is 6.29 Å².